The number of rotatable bonds is 7. The number of ether oxygens (including phenoxy) is 1. The molecule has 1 aliphatic carbocycles. The molecule has 0 aromatic heterocycles. The van der Waals surface area contributed by atoms with Crippen LogP contribution in [0.3, 0.4) is 0 Å². The predicted molar refractivity (Wildman–Crippen MR) is 75.1 cm³/mol. The molecule has 0 bridgehead atoms. The number of hydrogen-bond donors (Lipinski definition) is 2. The van der Waals surface area contributed by atoms with Crippen LogP contribution in [0.1, 0.15) is 31.4 Å². The molecule has 1 aromatic carbocycles. The first-order chi connectivity index (χ1) is 9.19. The fourth-order valence-corrected chi connectivity index (χ4v) is 2.00. The Bertz CT molecular complexity index is 430. The summed E-state index contributed by atoms with van der Waals surface area (Å²) < 4.78 is 5.18. The Morgan fingerprint density at radius 3 is 2.95 bits per heavy atom. The summed E-state index contributed by atoms with van der Waals surface area (Å²) in [6, 6.07) is 7.76. The van der Waals surface area contributed by atoms with Crippen molar-refractivity contribution in [3.63, 3.8) is 0 Å². The van der Waals surface area contributed by atoms with Crippen molar-refractivity contribution in [1.82, 2.24) is 10.6 Å². The maximum Gasteiger partial charge on any atom is 0.234 e. The Hall–Kier alpha value is -1.55. The largest absolute Gasteiger partial charge is 0.497 e. The van der Waals surface area contributed by atoms with Crippen LogP contribution in [-0.4, -0.2) is 26.1 Å². The molecule has 19 heavy (non-hydrogen) atoms. The molecular formula is C15H22N2O2. The van der Waals surface area contributed by atoms with Crippen molar-refractivity contribution in [2.24, 2.45) is 5.92 Å². The molecule has 2 rings (SSSR count). The molecule has 0 spiro atoms. The van der Waals surface area contributed by atoms with Crippen LogP contribution in [0, 0.1) is 5.92 Å². The fourth-order valence-electron chi connectivity index (χ4n) is 2.00. The summed E-state index contributed by atoms with van der Waals surface area (Å²) in [6.45, 7) is 3.33. The van der Waals surface area contributed by atoms with Crippen LogP contribution in [0.5, 0.6) is 5.75 Å². The van der Waals surface area contributed by atoms with Gasteiger partial charge in [-0.3, -0.25) is 4.79 Å². The van der Waals surface area contributed by atoms with Gasteiger partial charge in [-0.25, -0.2) is 0 Å². The van der Waals surface area contributed by atoms with E-state index in [1.165, 1.54) is 12.8 Å². The van der Waals surface area contributed by atoms with Crippen molar-refractivity contribution in [3.05, 3.63) is 29.8 Å². The number of amides is 1. The van der Waals surface area contributed by atoms with E-state index in [1.807, 2.05) is 31.2 Å². The lowest BCUT2D eigenvalue weighted by Crippen LogP contribution is -2.36. The standard InChI is InChI=1S/C15H22N2O2/c1-11(13-4-3-5-14(8-13)19-2)17-15(18)10-16-9-12-6-7-12/h3-5,8,11-12,16H,6-7,9-10H2,1-2H3,(H,17,18)/t11-/m0/s1. The molecule has 1 saturated carbocycles. The Kier molecular flexibility index (Phi) is 4.80. The molecule has 1 aromatic rings. The molecule has 0 heterocycles. The monoisotopic (exact) mass is 262 g/mol. The highest BCUT2D eigenvalue weighted by molar-refractivity contribution is 5.78. The van der Waals surface area contributed by atoms with Crippen LogP contribution in [0.2, 0.25) is 0 Å². The molecule has 1 amide bonds. The second kappa shape index (κ2) is 6.57. The first-order valence-electron chi connectivity index (χ1n) is 6.83. The third-order valence-electron chi connectivity index (χ3n) is 3.39. The third-order valence-corrected chi connectivity index (χ3v) is 3.39. The first kappa shape index (κ1) is 13.9. The highest BCUT2D eigenvalue weighted by Crippen LogP contribution is 2.27. The number of hydrogen-bond acceptors (Lipinski definition) is 3. The number of carbonyl (C=O) groups is 1. The Morgan fingerprint density at radius 2 is 2.26 bits per heavy atom. The minimum absolute atomic E-state index is 0.00896. The number of nitrogens with one attached hydrogen (secondary N) is 2. The molecule has 2 N–H and O–H groups in total. The van der Waals surface area contributed by atoms with Crippen molar-refractivity contribution in [3.8, 4) is 5.75 Å². The van der Waals surface area contributed by atoms with Gasteiger partial charge in [0.25, 0.3) is 0 Å². The van der Waals surface area contributed by atoms with E-state index in [0.717, 1.165) is 23.8 Å². The molecule has 104 valence electrons. The van der Waals surface area contributed by atoms with E-state index in [4.69, 9.17) is 4.74 Å². The van der Waals surface area contributed by atoms with Crippen LogP contribution < -0.4 is 15.4 Å². The Balaban J connectivity index is 1.77. The van der Waals surface area contributed by atoms with Crippen LogP contribution >= 0.6 is 0 Å². The maximum absolute atomic E-state index is 11.8. The second-order valence-corrected chi connectivity index (χ2v) is 5.14. The first-order valence-corrected chi connectivity index (χ1v) is 6.83. The summed E-state index contributed by atoms with van der Waals surface area (Å²) in [7, 11) is 1.64. The number of carbonyl (C=O) groups excluding carboxylic acids is 1. The van der Waals surface area contributed by atoms with E-state index in [-0.39, 0.29) is 11.9 Å². The second-order valence-electron chi connectivity index (χ2n) is 5.14. The number of methoxy groups -OCH3 is 1. The van der Waals surface area contributed by atoms with Gasteiger partial charge in [0, 0.05) is 0 Å². The van der Waals surface area contributed by atoms with Gasteiger partial charge < -0.3 is 15.4 Å². The van der Waals surface area contributed by atoms with Crippen LogP contribution in [0.15, 0.2) is 24.3 Å². The normalized spacial score (nSPS) is 15.9. The van der Waals surface area contributed by atoms with Crippen molar-refractivity contribution in [2.45, 2.75) is 25.8 Å². The summed E-state index contributed by atoms with van der Waals surface area (Å²) >= 11 is 0. The quantitative estimate of drug-likeness (QED) is 0.788. The molecule has 1 aliphatic rings. The summed E-state index contributed by atoms with van der Waals surface area (Å²) in [6.07, 6.45) is 2.60. The zero-order valence-corrected chi connectivity index (χ0v) is 11.6. The van der Waals surface area contributed by atoms with Gasteiger partial charge in [0.1, 0.15) is 5.75 Å². The van der Waals surface area contributed by atoms with E-state index in [1.54, 1.807) is 7.11 Å². The summed E-state index contributed by atoms with van der Waals surface area (Å²) in [4.78, 5) is 11.8. The lowest BCUT2D eigenvalue weighted by Gasteiger charge is -2.15. The third kappa shape index (κ3) is 4.56. The summed E-state index contributed by atoms with van der Waals surface area (Å²) in [5.74, 6) is 1.64. The SMILES string of the molecule is COc1cccc([C@H](C)NC(=O)CNCC2CC2)c1. The molecule has 4 nitrogen and oxygen atoms in total. The van der Waals surface area contributed by atoms with Crippen LogP contribution in [0.25, 0.3) is 0 Å². The minimum Gasteiger partial charge on any atom is -0.497 e. The lowest BCUT2D eigenvalue weighted by atomic mass is 10.1. The van der Waals surface area contributed by atoms with Gasteiger partial charge in [0.2, 0.25) is 5.91 Å². The fraction of sp³-hybridized carbons (Fsp3) is 0.533. The Labute approximate surface area is 114 Å². The zero-order valence-electron chi connectivity index (χ0n) is 11.6. The lowest BCUT2D eigenvalue weighted by molar-refractivity contribution is -0.120. The van der Waals surface area contributed by atoms with E-state index in [2.05, 4.69) is 10.6 Å². The van der Waals surface area contributed by atoms with Gasteiger partial charge in [-0.15, -0.1) is 0 Å². The van der Waals surface area contributed by atoms with Crippen molar-refractivity contribution < 1.29 is 9.53 Å². The summed E-state index contributed by atoms with van der Waals surface area (Å²) in [5, 5.41) is 6.17. The molecule has 0 saturated heterocycles. The number of benzene rings is 1. The molecule has 1 fully saturated rings. The maximum atomic E-state index is 11.8. The van der Waals surface area contributed by atoms with Crippen molar-refractivity contribution >= 4 is 5.91 Å². The van der Waals surface area contributed by atoms with Gasteiger partial charge in [-0.05, 0) is 49.9 Å². The molecule has 0 unspecified atom stereocenters. The summed E-state index contributed by atoms with van der Waals surface area (Å²) in [5.41, 5.74) is 1.05. The predicted octanol–water partition coefficient (Wildman–Crippen LogP) is 1.87. The molecule has 1 atom stereocenters. The van der Waals surface area contributed by atoms with Crippen LogP contribution in [0.4, 0.5) is 0 Å². The highest BCUT2D eigenvalue weighted by atomic mass is 16.5. The van der Waals surface area contributed by atoms with Crippen molar-refractivity contribution in [1.29, 1.82) is 0 Å². The molecular weight excluding hydrogens is 240 g/mol. The van der Waals surface area contributed by atoms with E-state index >= 15 is 0 Å². The molecule has 0 radical (unpaired) electrons. The van der Waals surface area contributed by atoms with Gasteiger partial charge in [-0.2, -0.15) is 0 Å². The topological polar surface area (TPSA) is 50.4 Å². The smallest absolute Gasteiger partial charge is 0.234 e. The average Bonchev–Trinajstić information content (AvgIpc) is 3.23. The van der Waals surface area contributed by atoms with E-state index < -0.39 is 0 Å². The highest BCUT2D eigenvalue weighted by Gasteiger charge is 2.20. The van der Waals surface area contributed by atoms with E-state index in [0.29, 0.717) is 6.54 Å². The van der Waals surface area contributed by atoms with Crippen molar-refractivity contribution in [2.75, 3.05) is 20.2 Å². The average molecular weight is 262 g/mol. The van der Waals surface area contributed by atoms with Gasteiger partial charge in [-0.1, -0.05) is 12.1 Å². The Morgan fingerprint density at radius 1 is 1.47 bits per heavy atom. The van der Waals surface area contributed by atoms with E-state index in [9.17, 15) is 4.79 Å². The van der Waals surface area contributed by atoms with Crippen LogP contribution in [-0.2, 0) is 4.79 Å². The van der Waals surface area contributed by atoms with Gasteiger partial charge >= 0.3 is 0 Å². The van der Waals surface area contributed by atoms with Gasteiger partial charge in [0.05, 0.1) is 19.7 Å². The zero-order chi connectivity index (χ0) is 13.7. The van der Waals surface area contributed by atoms with Gasteiger partial charge in [0.15, 0.2) is 0 Å². The minimum atomic E-state index is -0.00896. The molecule has 0 aliphatic heterocycles. The molecule has 4 heteroatoms.